The Morgan fingerprint density at radius 3 is 2.66 bits per heavy atom. The highest BCUT2D eigenvalue weighted by atomic mass is 16.3. The number of nitrogens with zero attached hydrogens (tertiary/aromatic N) is 5. The number of fused-ring (bicyclic) bond motifs is 4. The van der Waals surface area contributed by atoms with E-state index in [1.54, 1.807) is 12.3 Å². The summed E-state index contributed by atoms with van der Waals surface area (Å²) in [5.74, 6) is 0. The SMILES string of the molecule is [C-]#[N+]c1cc([N+]#[C-])c2c(c1)N(C)[C@H](C)N2c1c(C)ccc2c1oc1ncccc12. The number of hydrogen-bond donors (Lipinski definition) is 0. The molecular weight excluding hydrogens is 362 g/mol. The highest BCUT2D eigenvalue weighted by molar-refractivity contribution is 6.10. The Hall–Kier alpha value is -4.03. The molecule has 140 valence electrons. The molecule has 0 bridgehead atoms. The lowest BCUT2D eigenvalue weighted by Gasteiger charge is -2.29. The quantitative estimate of drug-likeness (QED) is 0.363. The van der Waals surface area contributed by atoms with Gasteiger partial charge < -0.3 is 14.2 Å². The number of pyridine rings is 1. The normalized spacial score (nSPS) is 15.6. The van der Waals surface area contributed by atoms with Crippen molar-refractivity contribution >= 4 is 50.5 Å². The lowest BCUT2D eigenvalue weighted by Crippen LogP contribution is -2.36. The van der Waals surface area contributed by atoms with E-state index in [2.05, 4.69) is 43.5 Å². The molecule has 1 aliphatic heterocycles. The third-order valence-electron chi connectivity index (χ3n) is 5.69. The first-order valence-electron chi connectivity index (χ1n) is 9.27. The molecule has 0 spiro atoms. The van der Waals surface area contributed by atoms with Gasteiger partial charge in [-0.1, -0.05) is 12.1 Å². The Labute approximate surface area is 168 Å². The van der Waals surface area contributed by atoms with E-state index in [-0.39, 0.29) is 6.17 Å². The minimum absolute atomic E-state index is 0.0445. The van der Waals surface area contributed by atoms with E-state index in [0.29, 0.717) is 17.1 Å². The van der Waals surface area contributed by atoms with Crippen molar-refractivity contribution in [1.82, 2.24) is 4.98 Å². The van der Waals surface area contributed by atoms with Crippen LogP contribution in [-0.4, -0.2) is 18.2 Å². The molecular formula is C23H17N5O. The van der Waals surface area contributed by atoms with Crippen LogP contribution in [0.2, 0.25) is 0 Å². The van der Waals surface area contributed by atoms with Crippen LogP contribution < -0.4 is 9.80 Å². The molecule has 4 aromatic rings. The van der Waals surface area contributed by atoms with Gasteiger partial charge in [-0.15, -0.1) is 0 Å². The summed E-state index contributed by atoms with van der Waals surface area (Å²) in [6, 6.07) is 11.6. The summed E-state index contributed by atoms with van der Waals surface area (Å²) in [5, 5.41) is 1.97. The topological polar surface area (TPSA) is 41.2 Å². The van der Waals surface area contributed by atoms with Gasteiger partial charge in [0.25, 0.3) is 0 Å². The first kappa shape index (κ1) is 17.1. The Kier molecular flexibility index (Phi) is 3.53. The zero-order chi connectivity index (χ0) is 20.3. The highest BCUT2D eigenvalue weighted by Gasteiger charge is 2.36. The Bertz CT molecular complexity index is 1390. The van der Waals surface area contributed by atoms with Gasteiger partial charge in [-0.05, 0) is 43.7 Å². The number of anilines is 3. The van der Waals surface area contributed by atoms with Crippen LogP contribution in [0.15, 0.2) is 47.0 Å². The van der Waals surface area contributed by atoms with E-state index < -0.39 is 0 Å². The maximum absolute atomic E-state index is 7.72. The van der Waals surface area contributed by atoms with Crippen molar-refractivity contribution in [2.24, 2.45) is 0 Å². The van der Waals surface area contributed by atoms with Crippen molar-refractivity contribution in [1.29, 1.82) is 0 Å². The molecule has 0 aliphatic carbocycles. The predicted octanol–water partition coefficient (Wildman–Crippen LogP) is 6.32. The second-order valence-corrected chi connectivity index (χ2v) is 7.23. The van der Waals surface area contributed by atoms with Crippen molar-refractivity contribution < 1.29 is 4.42 Å². The summed E-state index contributed by atoms with van der Waals surface area (Å²) >= 11 is 0. The van der Waals surface area contributed by atoms with Crippen molar-refractivity contribution in [2.45, 2.75) is 20.0 Å². The molecule has 0 saturated heterocycles. The first-order valence-corrected chi connectivity index (χ1v) is 9.27. The molecule has 1 aliphatic rings. The lowest BCUT2D eigenvalue weighted by molar-refractivity contribution is 0.648. The Morgan fingerprint density at radius 2 is 1.90 bits per heavy atom. The highest BCUT2D eigenvalue weighted by Crippen LogP contribution is 2.53. The van der Waals surface area contributed by atoms with Gasteiger partial charge in [-0.3, -0.25) is 0 Å². The van der Waals surface area contributed by atoms with Crippen LogP contribution in [0.4, 0.5) is 28.4 Å². The number of furan rings is 1. The van der Waals surface area contributed by atoms with Gasteiger partial charge >= 0.3 is 0 Å². The molecule has 0 fully saturated rings. The number of aryl methyl sites for hydroxylation is 1. The van der Waals surface area contributed by atoms with Crippen LogP contribution >= 0.6 is 0 Å². The monoisotopic (exact) mass is 379 g/mol. The predicted molar refractivity (Wildman–Crippen MR) is 115 cm³/mol. The minimum atomic E-state index is -0.0445. The number of benzene rings is 2. The van der Waals surface area contributed by atoms with E-state index in [4.69, 9.17) is 17.6 Å². The van der Waals surface area contributed by atoms with Crippen LogP contribution in [0.25, 0.3) is 31.8 Å². The summed E-state index contributed by atoms with van der Waals surface area (Å²) in [5.41, 5.74) is 5.97. The van der Waals surface area contributed by atoms with Crippen LogP contribution in [0.1, 0.15) is 12.5 Å². The zero-order valence-electron chi connectivity index (χ0n) is 16.3. The fourth-order valence-corrected chi connectivity index (χ4v) is 4.17. The summed E-state index contributed by atoms with van der Waals surface area (Å²) in [7, 11) is 1.99. The molecule has 6 heteroatoms. The van der Waals surface area contributed by atoms with E-state index in [9.17, 15) is 0 Å². The van der Waals surface area contributed by atoms with Gasteiger partial charge in [0.1, 0.15) is 6.17 Å². The number of hydrogen-bond acceptors (Lipinski definition) is 4. The lowest BCUT2D eigenvalue weighted by atomic mass is 10.1. The average molecular weight is 379 g/mol. The summed E-state index contributed by atoms with van der Waals surface area (Å²) in [4.78, 5) is 15.9. The van der Waals surface area contributed by atoms with E-state index in [1.165, 1.54) is 0 Å². The first-order chi connectivity index (χ1) is 14.0. The molecule has 1 atom stereocenters. The number of rotatable bonds is 1. The molecule has 5 rings (SSSR count). The Morgan fingerprint density at radius 1 is 1.07 bits per heavy atom. The van der Waals surface area contributed by atoms with Gasteiger partial charge in [0, 0.05) is 29.7 Å². The molecule has 0 amide bonds. The van der Waals surface area contributed by atoms with Gasteiger partial charge in [0.05, 0.1) is 24.5 Å². The van der Waals surface area contributed by atoms with Gasteiger partial charge in [-0.25, -0.2) is 14.7 Å². The smallest absolute Gasteiger partial charge is 0.227 e. The molecule has 29 heavy (non-hydrogen) atoms. The molecule has 0 N–H and O–H groups in total. The third-order valence-corrected chi connectivity index (χ3v) is 5.69. The zero-order valence-corrected chi connectivity index (χ0v) is 16.3. The van der Waals surface area contributed by atoms with E-state index in [1.807, 2.05) is 32.2 Å². The van der Waals surface area contributed by atoms with Gasteiger partial charge in [-0.2, -0.15) is 0 Å². The maximum Gasteiger partial charge on any atom is 0.227 e. The second-order valence-electron chi connectivity index (χ2n) is 7.23. The average Bonchev–Trinajstić information content (AvgIpc) is 3.23. The largest absolute Gasteiger partial charge is 0.435 e. The van der Waals surface area contributed by atoms with Crippen LogP contribution in [0.5, 0.6) is 0 Å². The molecule has 3 heterocycles. The summed E-state index contributed by atoms with van der Waals surface area (Å²) in [6.07, 6.45) is 1.68. The molecule has 2 aromatic carbocycles. The second kappa shape index (κ2) is 5.98. The maximum atomic E-state index is 7.72. The molecule has 0 saturated carbocycles. The standard InChI is InChI=1S/C23H17N5O/c1-13-8-9-16-17-7-6-10-26-23(17)29-22(16)20(13)28-14(2)27(5)19-12-15(24-3)11-18(25-4)21(19)28/h6-12,14H,1-2,5H3/t14-/m0/s1. The van der Waals surface area contributed by atoms with Crippen molar-refractivity contribution in [3.8, 4) is 0 Å². The number of aromatic nitrogens is 1. The van der Waals surface area contributed by atoms with Gasteiger partial charge in [0.2, 0.25) is 11.4 Å². The molecule has 0 unspecified atom stereocenters. The van der Waals surface area contributed by atoms with E-state index in [0.717, 1.165) is 39.0 Å². The van der Waals surface area contributed by atoms with E-state index >= 15 is 0 Å². The van der Waals surface area contributed by atoms with Crippen molar-refractivity contribution in [3.63, 3.8) is 0 Å². The fraction of sp³-hybridized carbons (Fsp3) is 0.174. The molecule has 0 radical (unpaired) electrons. The minimum Gasteiger partial charge on any atom is -0.435 e. The molecule has 2 aromatic heterocycles. The van der Waals surface area contributed by atoms with Crippen molar-refractivity contribution in [2.75, 3.05) is 16.8 Å². The van der Waals surface area contributed by atoms with Crippen LogP contribution in [-0.2, 0) is 0 Å². The summed E-state index contributed by atoms with van der Waals surface area (Å²) in [6.45, 7) is 19.2. The van der Waals surface area contributed by atoms with Gasteiger partial charge in [0.15, 0.2) is 11.3 Å². The molecule has 6 nitrogen and oxygen atoms in total. The third kappa shape index (κ3) is 2.23. The van der Waals surface area contributed by atoms with Crippen LogP contribution in [0.3, 0.4) is 0 Å². The fourth-order valence-electron chi connectivity index (χ4n) is 4.17. The Balaban J connectivity index is 1.87. The summed E-state index contributed by atoms with van der Waals surface area (Å²) < 4.78 is 6.20. The van der Waals surface area contributed by atoms with Crippen LogP contribution in [0, 0.1) is 20.1 Å². The van der Waals surface area contributed by atoms with Crippen molar-refractivity contribution in [3.05, 3.63) is 71.0 Å².